The summed E-state index contributed by atoms with van der Waals surface area (Å²) < 4.78 is 10.6. The Bertz CT molecular complexity index is 445. The van der Waals surface area contributed by atoms with Crippen molar-refractivity contribution < 1.29 is 19.1 Å². The second-order valence-corrected chi connectivity index (χ2v) is 4.26. The quantitative estimate of drug-likeness (QED) is 0.351. The smallest absolute Gasteiger partial charge is 0.258 e. The highest BCUT2D eigenvalue weighted by molar-refractivity contribution is 6.14. The van der Waals surface area contributed by atoms with E-state index in [0.29, 0.717) is 25.5 Å². The molecule has 0 N–H and O–H groups in total. The molecule has 0 aromatic carbocycles. The van der Waals surface area contributed by atoms with Gasteiger partial charge in [-0.25, -0.2) is 4.90 Å². The van der Waals surface area contributed by atoms with Gasteiger partial charge in [-0.1, -0.05) is 25.7 Å². The Balaban J connectivity index is 2.40. The minimum atomic E-state index is -0.355. The molecule has 114 valence electrons. The fourth-order valence-corrected chi connectivity index (χ4v) is 1.66. The van der Waals surface area contributed by atoms with Gasteiger partial charge in [0.05, 0.1) is 25.5 Å². The third-order valence-corrected chi connectivity index (χ3v) is 2.58. The summed E-state index contributed by atoms with van der Waals surface area (Å²) in [5.74, 6) is -0.710. The molecular formula is C16H21NO4. The summed E-state index contributed by atoms with van der Waals surface area (Å²) in [6.45, 7) is 7.81. The first-order valence-corrected chi connectivity index (χ1v) is 6.91. The number of ether oxygens (including phenoxy) is 2. The van der Waals surface area contributed by atoms with Gasteiger partial charge in [0.15, 0.2) is 0 Å². The summed E-state index contributed by atoms with van der Waals surface area (Å²) in [5.41, 5.74) is 0.468. The highest BCUT2D eigenvalue weighted by Gasteiger charge is 2.25. The Morgan fingerprint density at radius 1 is 1.19 bits per heavy atom. The largest absolute Gasteiger partial charge is 0.379 e. The summed E-state index contributed by atoms with van der Waals surface area (Å²) in [7, 11) is 0. The average molecular weight is 291 g/mol. The van der Waals surface area contributed by atoms with Crippen LogP contribution in [0.4, 0.5) is 0 Å². The van der Waals surface area contributed by atoms with Crippen LogP contribution in [0.1, 0.15) is 13.3 Å². The van der Waals surface area contributed by atoms with E-state index < -0.39 is 0 Å². The normalized spacial score (nSPS) is 15.5. The molecule has 5 nitrogen and oxygen atoms in total. The van der Waals surface area contributed by atoms with Gasteiger partial charge in [-0.05, 0) is 18.6 Å². The summed E-state index contributed by atoms with van der Waals surface area (Å²) in [6, 6.07) is 0. The molecule has 0 fully saturated rings. The van der Waals surface area contributed by atoms with Gasteiger partial charge < -0.3 is 9.47 Å². The molecule has 1 heterocycles. The molecule has 1 aliphatic heterocycles. The maximum Gasteiger partial charge on any atom is 0.258 e. The zero-order valence-corrected chi connectivity index (χ0v) is 12.3. The molecule has 0 aromatic rings. The Kier molecular flexibility index (Phi) is 8.01. The molecule has 0 unspecified atom stereocenters. The average Bonchev–Trinajstić information content (AvgIpc) is 2.80. The van der Waals surface area contributed by atoms with E-state index >= 15 is 0 Å². The lowest BCUT2D eigenvalue weighted by molar-refractivity contribution is -0.134. The number of carbonyl (C=O) groups excluding carboxylic acids is 2. The zero-order chi connectivity index (χ0) is 15.5. The van der Waals surface area contributed by atoms with Crippen LogP contribution in [0.15, 0.2) is 48.7 Å². The monoisotopic (exact) mass is 291 g/mol. The summed E-state index contributed by atoms with van der Waals surface area (Å²) >= 11 is 0. The van der Waals surface area contributed by atoms with Gasteiger partial charge in [-0.3, -0.25) is 9.59 Å². The van der Waals surface area contributed by atoms with Gasteiger partial charge in [0.25, 0.3) is 11.8 Å². The van der Waals surface area contributed by atoms with Crippen LogP contribution in [0.25, 0.3) is 0 Å². The van der Waals surface area contributed by atoms with Crippen molar-refractivity contribution in [3.8, 4) is 0 Å². The molecule has 0 atom stereocenters. The highest BCUT2D eigenvalue weighted by Crippen LogP contribution is 2.13. The molecule has 5 heteroatoms. The van der Waals surface area contributed by atoms with Gasteiger partial charge in [0.1, 0.15) is 0 Å². The number of rotatable bonds is 10. The van der Waals surface area contributed by atoms with Crippen LogP contribution >= 0.6 is 0 Å². The minimum Gasteiger partial charge on any atom is -0.379 e. The number of nitrogens with zero attached hydrogens (tertiary/aromatic N) is 1. The van der Waals surface area contributed by atoms with Crippen molar-refractivity contribution in [1.29, 1.82) is 0 Å². The summed E-state index contributed by atoms with van der Waals surface area (Å²) in [4.78, 5) is 24.3. The Hall–Kier alpha value is -1.98. The molecule has 2 amide bonds. The second kappa shape index (κ2) is 9.85. The predicted molar refractivity (Wildman–Crippen MR) is 80.3 cm³/mol. The zero-order valence-electron chi connectivity index (χ0n) is 12.3. The van der Waals surface area contributed by atoms with E-state index in [1.54, 1.807) is 18.2 Å². The number of amides is 2. The van der Waals surface area contributed by atoms with E-state index in [2.05, 4.69) is 6.58 Å². The van der Waals surface area contributed by atoms with Crippen LogP contribution < -0.4 is 0 Å². The highest BCUT2D eigenvalue weighted by atomic mass is 16.5. The molecule has 0 saturated carbocycles. The van der Waals surface area contributed by atoms with Crippen molar-refractivity contribution in [3.05, 3.63) is 48.7 Å². The third-order valence-electron chi connectivity index (χ3n) is 2.58. The molecule has 0 bridgehead atoms. The van der Waals surface area contributed by atoms with E-state index in [1.165, 1.54) is 18.2 Å². The van der Waals surface area contributed by atoms with Gasteiger partial charge in [-0.15, -0.1) is 0 Å². The molecular weight excluding hydrogens is 270 g/mol. The molecule has 1 rings (SSSR count). The Morgan fingerprint density at radius 3 is 2.48 bits per heavy atom. The third kappa shape index (κ3) is 5.89. The number of allylic oxidation sites excluding steroid dienone is 3. The van der Waals surface area contributed by atoms with Crippen LogP contribution in [0.3, 0.4) is 0 Å². The molecule has 0 aromatic heterocycles. The minimum absolute atomic E-state index is 0.355. The van der Waals surface area contributed by atoms with Crippen LogP contribution in [-0.2, 0) is 19.1 Å². The van der Waals surface area contributed by atoms with Crippen molar-refractivity contribution in [2.45, 2.75) is 13.3 Å². The Morgan fingerprint density at radius 2 is 1.86 bits per heavy atom. The molecule has 0 spiro atoms. The molecule has 0 saturated heterocycles. The van der Waals surface area contributed by atoms with Gasteiger partial charge in [-0.2, -0.15) is 0 Å². The lowest BCUT2D eigenvalue weighted by Crippen LogP contribution is -2.28. The van der Waals surface area contributed by atoms with Crippen molar-refractivity contribution in [2.75, 3.05) is 26.4 Å². The number of imide groups is 1. The second-order valence-electron chi connectivity index (χ2n) is 4.26. The van der Waals surface area contributed by atoms with E-state index in [-0.39, 0.29) is 11.8 Å². The first-order valence-electron chi connectivity index (χ1n) is 6.91. The SMILES string of the molecule is C=C/C=C(\C=C/COCCOCCC)N1C(=O)C=CC1=O. The van der Waals surface area contributed by atoms with Crippen molar-refractivity contribution >= 4 is 11.8 Å². The van der Waals surface area contributed by atoms with E-state index in [0.717, 1.165) is 17.9 Å². The van der Waals surface area contributed by atoms with Gasteiger partial charge in [0, 0.05) is 18.8 Å². The van der Waals surface area contributed by atoms with E-state index in [9.17, 15) is 9.59 Å². The van der Waals surface area contributed by atoms with Crippen LogP contribution in [0, 0.1) is 0 Å². The molecule has 0 radical (unpaired) electrons. The number of hydrogen-bond donors (Lipinski definition) is 0. The first kappa shape index (κ1) is 17.1. The first-order chi connectivity index (χ1) is 10.2. The van der Waals surface area contributed by atoms with Crippen molar-refractivity contribution in [1.82, 2.24) is 4.90 Å². The van der Waals surface area contributed by atoms with E-state index in [4.69, 9.17) is 9.47 Å². The van der Waals surface area contributed by atoms with Crippen molar-refractivity contribution in [3.63, 3.8) is 0 Å². The van der Waals surface area contributed by atoms with Crippen LogP contribution in [-0.4, -0.2) is 43.1 Å². The van der Waals surface area contributed by atoms with Gasteiger partial charge >= 0.3 is 0 Å². The molecule has 1 aliphatic rings. The fraction of sp³-hybridized carbons (Fsp3) is 0.375. The number of hydrogen-bond acceptors (Lipinski definition) is 4. The van der Waals surface area contributed by atoms with Crippen molar-refractivity contribution in [2.24, 2.45) is 0 Å². The predicted octanol–water partition coefficient (Wildman–Crippen LogP) is 1.98. The van der Waals surface area contributed by atoms with Crippen LogP contribution in [0.5, 0.6) is 0 Å². The standard InChI is InChI=1S/C16H21NO4/c1-3-6-14(17-15(18)8-9-16(17)19)7-5-11-21-13-12-20-10-4-2/h3,5-9H,1,4,10-13H2,2H3/b7-5-,14-6+. The molecule has 0 aliphatic carbocycles. The van der Waals surface area contributed by atoms with Gasteiger partial charge in [0.2, 0.25) is 0 Å². The van der Waals surface area contributed by atoms with Crippen LogP contribution in [0.2, 0.25) is 0 Å². The maximum atomic E-state index is 11.6. The lowest BCUT2D eigenvalue weighted by atomic mass is 10.3. The lowest BCUT2D eigenvalue weighted by Gasteiger charge is -2.14. The maximum absolute atomic E-state index is 11.6. The summed E-state index contributed by atoms with van der Waals surface area (Å²) in [5, 5.41) is 0. The summed E-state index contributed by atoms with van der Waals surface area (Å²) in [6.07, 6.45) is 10.0. The topological polar surface area (TPSA) is 55.8 Å². The fourth-order valence-electron chi connectivity index (χ4n) is 1.66. The number of carbonyl (C=O) groups is 2. The van der Waals surface area contributed by atoms with E-state index in [1.807, 2.05) is 6.92 Å². The Labute approximate surface area is 125 Å². The molecule has 21 heavy (non-hydrogen) atoms.